The second kappa shape index (κ2) is 8.81. The van der Waals surface area contributed by atoms with Crippen LogP contribution in [-0.4, -0.2) is 16.7 Å². The van der Waals surface area contributed by atoms with Crippen molar-refractivity contribution in [3.63, 3.8) is 0 Å². The summed E-state index contributed by atoms with van der Waals surface area (Å²) in [5, 5.41) is 6.56. The van der Waals surface area contributed by atoms with Gasteiger partial charge in [0.15, 0.2) is 0 Å². The van der Waals surface area contributed by atoms with Crippen molar-refractivity contribution in [3.05, 3.63) is 106 Å². The maximum absolute atomic E-state index is 12.5. The van der Waals surface area contributed by atoms with Crippen LogP contribution in [0.1, 0.15) is 29.0 Å². The largest absolute Gasteiger partial charge is 0.342 e. The summed E-state index contributed by atoms with van der Waals surface area (Å²) in [6, 6.07) is 23.8. The van der Waals surface area contributed by atoms with E-state index < -0.39 is 0 Å². The number of hydrazone groups is 1. The van der Waals surface area contributed by atoms with Gasteiger partial charge in [-0.05, 0) is 41.7 Å². The number of hydrogen-bond acceptors (Lipinski definition) is 2. The molecule has 1 aliphatic carbocycles. The van der Waals surface area contributed by atoms with Crippen molar-refractivity contribution < 1.29 is 4.79 Å². The van der Waals surface area contributed by atoms with E-state index in [1.54, 1.807) is 12.3 Å². The van der Waals surface area contributed by atoms with Gasteiger partial charge >= 0.3 is 0 Å². The molecule has 0 bridgehead atoms. The summed E-state index contributed by atoms with van der Waals surface area (Å²) in [6.45, 7) is 0.609. The fourth-order valence-electron chi connectivity index (χ4n) is 4.14. The average molecular weight is 462 g/mol. The van der Waals surface area contributed by atoms with Gasteiger partial charge in [0.2, 0.25) is 5.91 Å². The molecule has 0 aliphatic heterocycles. The third-order valence-corrected chi connectivity index (χ3v) is 6.50. The molecular weight excluding hydrogens is 441 g/mol. The molecule has 0 spiro atoms. The van der Waals surface area contributed by atoms with E-state index >= 15 is 0 Å². The number of benzene rings is 3. The van der Waals surface area contributed by atoms with E-state index in [1.165, 1.54) is 5.56 Å². The number of fused-ring (bicyclic) bond motifs is 1. The van der Waals surface area contributed by atoms with Crippen LogP contribution in [0.4, 0.5) is 0 Å². The lowest BCUT2D eigenvalue weighted by Crippen LogP contribution is -2.20. The molecule has 0 unspecified atom stereocenters. The Bertz CT molecular complexity index is 1310. The average Bonchev–Trinajstić information content (AvgIpc) is 3.54. The molecule has 5 rings (SSSR count). The number of aromatic nitrogens is 1. The quantitative estimate of drug-likeness (QED) is 0.267. The summed E-state index contributed by atoms with van der Waals surface area (Å²) in [7, 11) is 0. The summed E-state index contributed by atoms with van der Waals surface area (Å²) in [5.74, 6) is 0.243. The minimum Gasteiger partial charge on any atom is -0.342 e. The number of rotatable bonds is 6. The van der Waals surface area contributed by atoms with Gasteiger partial charge in [-0.3, -0.25) is 4.79 Å². The van der Waals surface area contributed by atoms with Crippen molar-refractivity contribution in [3.8, 4) is 0 Å². The first-order valence-electron chi connectivity index (χ1n) is 10.5. The minimum absolute atomic E-state index is 0.0112. The molecule has 1 heterocycles. The third kappa shape index (κ3) is 4.29. The number of para-hydroxylation sites is 1. The maximum Gasteiger partial charge on any atom is 0.243 e. The minimum atomic E-state index is -0.0354. The zero-order chi connectivity index (χ0) is 22.1. The Morgan fingerprint density at radius 1 is 1.06 bits per heavy atom. The molecule has 1 fully saturated rings. The Balaban J connectivity index is 1.31. The second-order valence-corrected chi connectivity index (χ2v) is 8.90. The molecule has 4 aromatic rings. The van der Waals surface area contributed by atoms with E-state index in [0.29, 0.717) is 16.6 Å². The molecule has 1 saturated carbocycles. The highest BCUT2D eigenvalue weighted by Crippen LogP contribution is 2.47. The molecule has 0 radical (unpaired) electrons. The maximum atomic E-state index is 12.5. The standard InChI is InChI=1S/C26H21Cl2N3O/c27-20-11-10-18(24(28)12-20)15-31-16-19(21-8-4-5-9-25(21)31)14-29-30-26(32)23-13-22(23)17-6-2-1-3-7-17/h1-12,14,16,22-23H,13,15H2,(H,30,32)/b29-14+/t22-,23+/m1/s1. The van der Waals surface area contributed by atoms with E-state index in [9.17, 15) is 4.79 Å². The van der Waals surface area contributed by atoms with E-state index in [2.05, 4.69) is 33.3 Å². The molecule has 6 heteroatoms. The van der Waals surface area contributed by atoms with Crippen LogP contribution in [0.5, 0.6) is 0 Å². The number of carbonyl (C=O) groups is 1. The van der Waals surface area contributed by atoms with Gasteiger partial charge in [0.1, 0.15) is 0 Å². The monoisotopic (exact) mass is 461 g/mol. The van der Waals surface area contributed by atoms with Crippen LogP contribution < -0.4 is 5.43 Å². The van der Waals surface area contributed by atoms with E-state index in [0.717, 1.165) is 28.5 Å². The number of halogens is 2. The Hall–Kier alpha value is -3.08. The molecule has 1 aromatic heterocycles. The zero-order valence-electron chi connectivity index (χ0n) is 17.2. The van der Waals surface area contributed by atoms with Gasteiger partial charge < -0.3 is 4.57 Å². The molecule has 2 atom stereocenters. The summed E-state index contributed by atoms with van der Waals surface area (Å²) in [4.78, 5) is 12.5. The first kappa shape index (κ1) is 20.8. The van der Waals surface area contributed by atoms with E-state index in [4.69, 9.17) is 23.2 Å². The molecular formula is C26H21Cl2N3O. The van der Waals surface area contributed by atoms with E-state index in [-0.39, 0.29) is 17.7 Å². The lowest BCUT2D eigenvalue weighted by molar-refractivity contribution is -0.122. The number of amides is 1. The van der Waals surface area contributed by atoms with Crippen LogP contribution in [0.25, 0.3) is 10.9 Å². The normalized spacial score (nSPS) is 17.7. The predicted molar refractivity (Wildman–Crippen MR) is 131 cm³/mol. The number of nitrogens with zero attached hydrogens (tertiary/aromatic N) is 2. The van der Waals surface area contributed by atoms with Crippen LogP contribution in [0.15, 0.2) is 84.1 Å². The van der Waals surface area contributed by atoms with Crippen LogP contribution in [0.3, 0.4) is 0 Å². The van der Waals surface area contributed by atoms with Crippen LogP contribution in [-0.2, 0) is 11.3 Å². The van der Waals surface area contributed by atoms with Crippen LogP contribution in [0.2, 0.25) is 10.0 Å². The van der Waals surface area contributed by atoms with Gasteiger partial charge in [-0.15, -0.1) is 0 Å². The van der Waals surface area contributed by atoms with Crippen molar-refractivity contribution in [1.82, 2.24) is 9.99 Å². The van der Waals surface area contributed by atoms with Gasteiger partial charge in [-0.25, -0.2) is 5.43 Å². The third-order valence-electron chi connectivity index (χ3n) is 5.91. The van der Waals surface area contributed by atoms with Gasteiger partial charge in [0.25, 0.3) is 0 Å². The van der Waals surface area contributed by atoms with Crippen molar-refractivity contribution in [2.24, 2.45) is 11.0 Å². The molecule has 4 nitrogen and oxygen atoms in total. The molecule has 1 amide bonds. The Morgan fingerprint density at radius 2 is 1.84 bits per heavy atom. The Labute approximate surface area is 196 Å². The Morgan fingerprint density at radius 3 is 2.66 bits per heavy atom. The number of nitrogens with one attached hydrogen (secondary N) is 1. The molecule has 3 aromatic carbocycles. The first-order chi connectivity index (χ1) is 15.6. The number of carbonyl (C=O) groups excluding carboxylic acids is 1. The summed E-state index contributed by atoms with van der Waals surface area (Å²) in [6.07, 6.45) is 4.60. The summed E-state index contributed by atoms with van der Waals surface area (Å²) >= 11 is 12.4. The highest BCUT2D eigenvalue weighted by molar-refractivity contribution is 6.35. The van der Waals surface area contributed by atoms with Gasteiger partial charge in [0.05, 0.1) is 6.21 Å². The second-order valence-electron chi connectivity index (χ2n) is 8.06. The molecule has 1 aliphatic rings. The topological polar surface area (TPSA) is 46.4 Å². The van der Waals surface area contributed by atoms with E-state index in [1.807, 2.05) is 54.7 Å². The fraction of sp³-hybridized carbons (Fsp3) is 0.154. The molecule has 1 N–H and O–H groups in total. The Kier molecular flexibility index (Phi) is 5.73. The fourth-order valence-corrected chi connectivity index (χ4v) is 4.61. The predicted octanol–water partition coefficient (Wildman–Crippen LogP) is 6.25. The summed E-state index contributed by atoms with van der Waals surface area (Å²) < 4.78 is 2.12. The van der Waals surface area contributed by atoms with Crippen molar-refractivity contribution in [2.75, 3.05) is 0 Å². The lowest BCUT2D eigenvalue weighted by Gasteiger charge is -2.08. The first-order valence-corrected chi connectivity index (χ1v) is 11.3. The highest BCUT2D eigenvalue weighted by atomic mass is 35.5. The smallest absolute Gasteiger partial charge is 0.243 e. The van der Waals surface area contributed by atoms with Crippen LogP contribution in [0, 0.1) is 5.92 Å². The van der Waals surface area contributed by atoms with Gasteiger partial charge in [-0.1, -0.05) is 77.8 Å². The number of hydrogen-bond donors (Lipinski definition) is 1. The van der Waals surface area contributed by atoms with Crippen molar-refractivity contribution >= 4 is 46.2 Å². The zero-order valence-corrected chi connectivity index (χ0v) is 18.7. The summed E-state index contributed by atoms with van der Waals surface area (Å²) in [5.41, 5.74) is 6.91. The van der Waals surface area contributed by atoms with Crippen molar-refractivity contribution in [1.29, 1.82) is 0 Å². The van der Waals surface area contributed by atoms with Gasteiger partial charge in [0, 0.05) is 45.2 Å². The van der Waals surface area contributed by atoms with Crippen molar-refractivity contribution in [2.45, 2.75) is 18.9 Å². The highest BCUT2D eigenvalue weighted by Gasteiger charge is 2.43. The SMILES string of the molecule is O=C(N/N=C/c1cn(Cc2ccc(Cl)cc2Cl)c2ccccc12)[C@H]1C[C@@H]1c1ccccc1. The van der Waals surface area contributed by atoms with Crippen LogP contribution >= 0.6 is 23.2 Å². The molecule has 32 heavy (non-hydrogen) atoms. The lowest BCUT2D eigenvalue weighted by atomic mass is 10.1. The molecule has 160 valence electrons. The molecule has 0 saturated heterocycles. The van der Waals surface area contributed by atoms with Gasteiger partial charge in [-0.2, -0.15) is 5.10 Å².